The van der Waals surface area contributed by atoms with Crippen LogP contribution in [0.2, 0.25) is 0 Å². The van der Waals surface area contributed by atoms with Gasteiger partial charge >= 0.3 is 0 Å². The number of ether oxygens (including phenoxy) is 1. The summed E-state index contributed by atoms with van der Waals surface area (Å²) < 4.78 is 6.09. The average molecular weight is 195 g/mol. The number of fused-ring (bicyclic) bond motifs is 1. The molecule has 0 amide bonds. The highest BCUT2D eigenvalue weighted by atomic mass is 32.1. The molecule has 2 aromatic rings. The van der Waals surface area contributed by atoms with Crippen LogP contribution in [0.4, 0.5) is 5.69 Å². The Bertz CT molecular complexity index is 450. The zero-order chi connectivity index (χ0) is 9.42. The summed E-state index contributed by atoms with van der Waals surface area (Å²) in [6.45, 7) is 0. The van der Waals surface area contributed by atoms with Crippen molar-refractivity contribution >= 4 is 27.1 Å². The Hall–Kier alpha value is -1.42. The van der Waals surface area contributed by atoms with Gasteiger partial charge < -0.3 is 15.6 Å². The minimum atomic E-state index is 0.175. The fourth-order valence-electron chi connectivity index (χ4n) is 1.26. The second kappa shape index (κ2) is 2.81. The van der Waals surface area contributed by atoms with Gasteiger partial charge in [0, 0.05) is 16.8 Å². The summed E-state index contributed by atoms with van der Waals surface area (Å²) in [6, 6.07) is 3.22. The van der Waals surface area contributed by atoms with E-state index in [0.29, 0.717) is 11.4 Å². The highest BCUT2D eigenvalue weighted by molar-refractivity contribution is 7.18. The highest BCUT2D eigenvalue weighted by Crippen LogP contribution is 2.38. The number of hydrogen-bond acceptors (Lipinski definition) is 4. The van der Waals surface area contributed by atoms with Crippen molar-refractivity contribution in [2.75, 3.05) is 12.8 Å². The predicted octanol–water partition coefficient (Wildman–Crippen LogP) is 2.20. The van der Waals surface area contributed by atoms with Gasteiger partial charge in [-0.1, -0.05) is 0 Å². The van der Waals surface area contributed by atoms with E-state index in [9.17, 15) is 5.11 Å². The molecule has 0 aliphatic rings. The minimum Gasteiger partial charge on any atom is -0.508 e. The Morgan fingerprint density at radius 2 is 2.23 bits per heavy atom. The van der Waals surface area contributed by atoms with Crippen LogP contribution < -0.4 is 10.5 Å². The van der Waals surface area contributed by atoms with Gasteiger partial charge in [-0.15, -0.1) is 11.3 Å². The molecule has 0 unspecified atom stereocenters. The lowest BCUT2D eigenvalue weighted by atomic mass is 10.2. The van der Waals surface area contributed by atoms with Crippen molar-refractivity contribution < 1.29 is 9.84 Å². The number of benzene rings is 1. The van der Waals surface area contributed by atoms with E-state index in [2.05, 4.69) is 0 Å². The van der Waals surface area contributed by atoms with Crippen molar-refractivity contribution in [3.05, 3.63) is 17.5 Å². The quantitative estimate of drug-likeness (QED) is 0.733. The van der Waals surface area contributed by atoms with E-state index in [1.165, 1.54) is 11.3 Å². The molecule has 2 rings (SSSR count). The molecule has 0 radical (unpaired) electrons. The topological polar surface area (TPSA) is 55.5 Å². The molecular weight excluding hydrogens is 186 g/mol. The third-order valence-corrected chi connectivity index (χ3v) is 2.90. The normalized spacial score (nSPS) is 10.5. The maximum Gasteiger partial charge on any atom is 0.140 e. The van der Waals surface area contributed by atoms with Gasteiger partial charge in [-0.05, 0) is 6.07 Å². The van der Waals surface area contributed by atoms with Gasteiger partial charge in [0.1, 0.15) is 11.5 Å². The molecule has 3 N–H and O–H groups in total. The molecule has 68 valence electrons. The van der Waals surface area contributed by atoms with E-state index in [-0.39, 0.29) is 5.75 Å². The van der Waals surface area contributed by atoms with Gasteiger partial charge in [-0.3, -0.25) is 0 Å². The number of aromatic hydroxyl groups is 1. The molecule has 0 atom stereocenters. The first-order valence-electron chi connectivity index (χ1n) is 3.76. The van der Waals surface area contributed by atoms with E-state index in [4.69, 9.17) is 10.5 Å². The Labute approximate surface area is 79.4 Å². The number of methoxy groups -OCH3 is 1. The summed E-state index contributed by atoms with van der Waals surface area (Å²) in [6.07, 6.45) is 0. The molecule has 4 heteroatoms. The maximum absolute atomic E-state index is 9.35. The predicted molar refractivity (Wildman–Crippen MR) is 54.5 cm³/mol. The lowest BCUT2D eigenvalue weighted by molar-refractivity contribution is 0.413. The summed E-state index contributed by atoms with van der Waals surface area (Å²) >= 11 is 1.51. The largest absolute Gasteiger partial charge is 0.508 e. The molecule has 3 nitrogen and oxygen atoms in total. The van der Waals surface area contributed by atoms with Crippen LogP contribution in [0.25, 0.3) is 10.1 Å². The average Bonchev–Trinajstić information content (AvgIpc) is 2.47. The molecule has 1 aromatic heterocycles. The first kappa shape index (κ1) is 8.19. The van der Waals surface area contributed by atoms with E-state index < -0.39 is 0 Å². The number of phenols is 1. The zero-order valence-electron chi connectivity index (χ0n) is 7.07. The summed E-state index contributed by atoms with van der Waals surface area (Å²) in [5.74, 6) is 0.839. The molecule has 13 heavy (non-hydrogen) atoms. The molecule has 0 bridgehead atoms. The Morgan fingerprint density at radius 3 is 2.92 bits per heavy atom. The summed E-state index contributed by atoms with van der Waals surface area (Å²) in [5, 5.41) is 12.0. The smallest absolute Gasteiger partial charge is 0.140 e. The molecular formula is C9H9NO2S. The van der Waals surface area contributed by atoms with Crippen LogP contribution in [0.5, 0.6) is 11.5 Å². The monoisotopic (exact) mass is 195 g/mol. The molecule has 0 aliphatic heterocycles. The first-order chi connectivity index (χ1) is 6.22. The van der Waals surface area contributed by atoms with Crippen molar-refractivity contribution in [3.8, 4) is 11.5 Å². The molecule has 0 aliphatic carbocycles. The summed E-state index contributed by atoms with van der Waals surface area (Å²) in [5.41, 5.74) is 6.39. The van der Waals surface area contributed by atoms with Crippen molar-refractivity contribution in [1.82, 2.24) is 0 Å². The summed E-state index contributed by atoms with van der Waals surface area (Å²) in [7, 11) is 1.57. The molecule has 1 aromatic carbocycles. The van der Waals surface area contributed by atoms with E-state index in [0.717, 1.165) is 10.1 Å². The van der Waals surface area contributed by atoms with Crippen LogP contribution in [0.3, 0.4) is 0 Å². The van der Waals surface area contributed by atoms with Crippen LogP contribution >= 0.6 is 11.3 Å². The number of hydrogen-bond donors (Lipinski definition) is 2. The minimum absolute atomic E-state index is 0.175. The molecule has 0 fully saturated rings. The van der Waals surface area contributed by atoms with Crippen LogP contribution in [0.1, 0.15) is 0 Å². The van der Waals surface area contributed by atoms with Gasteiger partial charge in [0.15, 0.2) is 0 Å². The van der Waals surface area contributed by atoms with Crippen LogP contribution in [0, 0.1) is 0 Å². The van der Waals surface area contributed by atoms with Gasteiger partial charge in [-0.2, -0.15) is 0 Å². The van der Waals surface area contributed by atoms with E-state index >= 15 is 0 Å². The number of nitrogens with two attached hydrogens (primary N) is 1. The van der Waals surface area contributed by atoms with Gasteiger partial charge in [0.25, 0.3) is 0 Å². The van der Waals surface area contributed by atoms with Crippen LogP contribution in [-0.4, -0.2) is 12.2 Å². The lowest BCUT2D eigenvalue weighted by Gasteiger charge is -2.02. The standard InChI is InChI=1S/C9H9NO2S/c1-12-8-3-5(11)2-6-7(10)4-13-9(6)8/h2-4,11H,10H2,1H3. The van der Waals surface area contributed by atoms with Crippen LogP contribution in [0.15, 0.2) is 17.5 Å². The lowest BCUT2D eigenvalue weighted by Crippen LogP contribution is -1.84. The number of nitrogen functional groups attached to an aromatic ring is 1. The number of rotatable bonds is 1. The second-order valence-electron chi connectivity index (χ2n) is 2.72. The van der Waals surface area contributed by atoms with E-state index in [1.54, 1.807) is 19.2 Å². The third-order valence-electron chi connectivity index (χ3n) is 1.87. The SMILES string of the molecule is COc1cc(O)cc2c(N)csc12. The zero-order valence-corrected chi connectivity index (χ0v) is 7.89. The number of anilines is 1. The van der Waals surface area contributed by atoms with Gasteiger partial charge in [-0.25, -0.2) is 0 Å². The van der Waals surface area contributed by atoms with Crippen molar-refractivity contribution in [1.29, 1.82) is 0 Å². The highest BCUT2D eigenvalue weighted by Gasteiger charge is 2.08. The Balaban J connectivity index is 2.84. The fourth-order valence-corrected chi connectivity index (χ4v) is 2.20. The van der Waals surface area contributed by atoms with Crippen molar-refractivity contribution in [2.24, 2.45) is 0 Å². The molecule has 0 spiro atoms. The Kier molecular flexibility index (Phi) is 1.77. The van der Waals surface area contributed by atoms with Crippen molar-refractivity contribution in [3.63, 3.8) is 0 Å². The van der Waals surface area contributed by atoms with E-state index in [1.807, 2.05) is 5.38 Å². The summed E-state index contributed by atoms with van der Waals surface area (Å²) in [4.78, 5) is 0. The fraction of sp³-hybridized carbons (Fsp3) is 0.111. The number of thiophene rings is 1. The molecule has 1 heterocycles. The Morgan fingerprint density at radius 1 is 1.46 bits per heavy atom. The number of phenolic OH excluding ortho intramolecular Hbond substituents is 1. The molecule has 0 saturated carbocycles. The second-order valence-corrected chi connectivity index (χ2v) is 3.60. The van der Waals surface area contributed by atoms with Crippen LogP contribution in [-0.2, 0) is 0 Å². The first-order valence-corrected chi connectivity index (χ1v) is 4.64. The molecule has 0 saturated heterocycles. The van der Waals surface area contributed by atoms with Crippen molar-refractivity contribution in [2.45, 2.75) is 0 Å². The third kappa shape index (κ3) is 1.19. The maximum atomic E-state index is 9.35. The van der Waals surface area contributed by atoms with Gasteiger partial charge in [0.2, 0.25) is 0 Å². The van der Waals surface area contributed by atoms with Gasteiger partial charge in [0.05, 0.1) is 17.5 Å².